The standard InChI is InChI=1S/C13H17NO4/c1-9(2)13(17)14-7-10-3-5-11(6-4-10)18-8-12(15)16/h3-6,9H,7-8H2,1-2H3,(H,14,17)(H,15,16). The van der Waals surface area contributed by atoms with Gasteiger partial charge in [-0.1, -0.05) is 26.0 Å². The van der Waals surface area contributed by atoms with E-state index < -0.39 is 5.97 Å². The van der Waals surface area contributed by atoms with Crippen molar-refractivity contribution in [3.63, 3.8) is 0 Å². The van der Waals surface area contributed by atoms with Gasteiger partial charge in [0.15, 0.2) is 6.61 Å². The summed E-state index contributed by atoms with van der Waals surface area (Å²) in [6.45, 7) is 3.76. The third-order valence-electron chi connectivity index (χ3n) is 2.28. The minimum atomic E-state index is -1.01. The number of aliphatic carboxylic acids is 1. The van der Waals surface area contributed by atoms with Gasteiger partial charge in [-0.3, -0.25) is 4.79 Å². The van der Waals surface area contributed by atoms with Crippen LogP contribution in [0.15, 0.2) is 24.3 Å². The molecule has 5 nitrogen and oxygen atoms in total. The van der Waals surface area contributed by atoms with E-state index in [2.05, 4.69) is 5.32 Å². The average molecular weight is 251 g/mol. The molecule has 0 saturated heterocycles. The lowest BCUT2D eigenvalue weighted by atomic mass is 10.2. The van der Waals surface area contributed by atoms with Crippen molar-refractivity contribution in [2.45, 2.75) is 20.4 Å². The molecule has 5 heteroatoms. The van der Waals surface area contributed by atoms with Crippen LogP contribution in [-0.4, -0.2) is 23.6 Å². The molecule has 1 aromatic rings. The van der Waals surface area contributed by atoms with E-state index in [9.17, 15) is 9.59 Å². The molecule has 2 N–H and O–H groups in total. The van der Waals surface area contributed by atoms with Crippen molar-refractivity contribution in [2.24, 2.45) is 5.92 Å². The first kappa shape index (κ1) is 14.0. The number of amides is 1. The number of carbonyl (C=O) groups excluding carboxylic acids is 1. The van der Waals surface area contributed by atoms with Crippen molar-refractivity contribution in [3.8, 4) is 5.75 Å². The third kappa shape index (κ3) is 4.86. The van der Waals surface area contributed by atoms with Gasteiger partial charge in [0.25, 0.3) is 0 Å². The van der Waals surface area contributed by atoms with E-state index in [-0.39, 0.29) is 18.4 Å². The van der Waals surface area contributed by atoms with Gasteiger partial charge in [0.1, 0.15) is 5.75 Å². The Labute approximate surface area is 106 Å². The van der Waals surface area contributed by atoms with Crippen LogP contribution in [0.2, 0.25) is 0 Å². The molecule has 18 heavy (non-hydrogen) atoms. The average Bonchev–Trinajstić information content (AvgIpc) is 2.34. The molecule has 1 rings (SSSR count). The highest BCUT2D eigenvalue weighted by atomic mass is 16.5. The van der Waals surface area contributed by atoms with Crippen LogP contribution in [0.3, 0.4) is 0 Å². The highest BCUT2D eigenvalue weighted by Crippen LogP contribution is 2.12. The highest BCUT2D eigenvalue weighted by Gasteiger charge is 2.05. The number of benzene rings is 1. The molecule has 1 aromatic carbocycles. The predicted octanol–water partition coefficient (Wildman–Crippen LogP) is 1.42. The second-order valence-corrected chi connectivity index (χ2v) is 4.20. The zero-order valence-electron chi connectivity index (χ0n) is 10.5. The van der Waals surface area contributed by atoms with Gasteiger partial charge in [-0.25, -0.2) is 4.79 Å². The molecular formula is C13H17NO4. The molecule has 0 unspecified atom stereocenters. The summed E-state index contributed by atoms with van der Waals surface area (Å²) in [5.74, 6) is -0.552. The molecule has 0 radical (unpaired) electrons. The van der Waals surface area contributed by atoms with Crippen molar-refractivity contribution in [1.82, 2.24) is 5.32 Å². The SMILES string of the molecule is CC(C)C(=O)NCc1ccc(OCC(=O)O)cc1. The van der Waals surface area contributed by atoms with Crippen LogP contribution in [0.4, 0.5) is 0 Å². The van der Waals surface area contributed by atoms with Gasteiger partial charge in [-0.2, -0.15) is 0 Å². The molecule has 0 fully saturated rings. The first-order valence-corrected chi connectivity index (χ1v) is 5.70. The monoisotopic (exact) mass is 251 g/mol. The summed E-state index contributed by atoms with van der Waals surface area (Å²) in [5, 5.41) is 11.2. The fourth-order valence-corrected chi connectivity index (χ4v) is 1.24. The lowest BCUT2D eigenvalue weighted by Crippen LogP contribution is -2.27. The number of carboxylic acids is 1. The Balaban J connectivity index is 2.45. The third-order valence-corrected chi connectivity index (χ3v) is 2.28. The van der Waals surface area contributed by atoms with Gasteiger partial charge in [0.2, 0.25) is 5.91 Å². The fraction of sp³-hybridized carbons (Fsp3) is 0.385. The van der Waals surface area contributed by atoms with E-state index in [1.807, 2.05) is 13.8 Å². The van der Waals surface area contributed by atoms with Gasteiger partial charge in [-0.05, 0) is 17.7 Å². The largest absolute Gasteiger partial charge is 0.482 e. The Kier molecular flexibility index (Phi) is 5.17. The summed E-state index contributed by atoms with van der Waals surface area (Å²) in [4.78, 5) is 21.7. The summed E-state index contributed by atoms with van der Waals surface area (Å²) in [6, 6.07) is 6.94. The summed E-state index contributed by atoms with van der Waals surface area (Å²) >= 11 is 0. The van der Waals surface area contributed by atoms with Gasteiger partial charge in [0.05, 0.1) is 0 Å². The van der Waals surface area contributed by atoms with Crippen molar-refractivity contribution in [3.05, 3.63) is 29.8 Å². The molecule has 1 amide bonds. The van der Waals surface area contributed by atoms with Crippen molar-refractivity contribution in [2.75, 3.05) is 6.61 Å². The molecule has 0 saturated carbocycles. The van der Waals surface area contributed by atoms with E-state index in [0.29, 0.717) is 12.3 Å². The summed E-state index contributed by atoms with van der Waals surface area (Å²) < 4.78 is 5.00. The molecule has 0 aliphatic carbocycles. The second kappa shape index (κ2) is 6.64. The van der Waals surface area contributed by atoms with E-state index in [1.165, 1.54) is 0 Å². The minimum Gasteiger partial charge on any atom is -0.482 e. The highest BCUT2D eigenvalue weighted by molar-refractivity contribution is 5.77. The Morgan fingerprint density at radius 1 is 1.28 bits per heavy atom. The van der Waals surface area contributed by atoms with Crippen LogP contribution >= 0.6 is 0 Å². The zero-order chi connectivity index (χ0) is 13.5. The maximum atomic E-state index is 11.4. The van der Waals surface area contributed by atoms with Crippen molar-refractivity contribution in [1.29, 1.82) is 0 Å². The molecule has 0 aliphatic rings. The molecule has 0 spiro atoms. The zero-order valence-corrected chi connectivity index (χ0v) is 10.5. The predicted molar refractivity (Wildman–Crippen MR) is 66.3 cm³/mol. The maximum absolute atomic E-state index is 11.4. The summed E-state index contributed by atoms with van der Waals surface area (Å²) in [6.07, 6.45) is 0. The number of carbonyl (C=O) groups is 2. The maximum Gasteiger partial charge on any atom is 0.341 e. The number of hydrogen-bond donors (Lipinski definition) is 2. The van der Waals surface area contributed by atoms with Gasteiger partial charge in [-0.15, -0.1) is 0 Å². The van der Waals surface area contributed by atoms with Crippen LogP contribution in [0, 0.1) is 5.92 Å². The molecule has 0 bridgehead atoms. The Hall–Kier alpha value is -2.04. The van der Waals surface area contributed by atoms with Crippen LogP contribution in [-0.2, 0) is 16.1 Å². The Morgan fingerprint density at radius 3 is 2.39 bits per heavy atom. The molecule has 0 atom stereocenters. The van der Waals surface area contributed by atoms with Crippen LogP contribution in [0.1, 0.15) is 19.4 Å². The van der Waals surface area contributed by atoms with Crippen molar-refractivity contribution >= 4 is 11.9 Å². The van der Waals surface area contributed by atoms with E-state index >= 15 is 0 Å². The molecule has 0 aliphatic heterocycles. The van der Waals surface area contributed by atoms with Crippen LogP contribution in [0.25, 0.3) is 0 Å². The van der Waals surface area contributed by atoms with E-state index in [4.69, 9.17) is 9.84 Å². The number of carboxylic acid groups (broad SMARTS) is 1. The van der Waals surface area contributed by atoms with E-state index in [0.717, 1.165) is 5.56 Å². The summed E-state index contributed by atoms with van der Waals surface area (Å²) in [5.41, 5.74) is 0.937. The Bertz CT molecular complexity index is 412. The smallest absolute Gasteiger partial charge is 0.341 e. The Morgan fingerprint density at radius 2 is 1.89 bits per heavy atom. The van der Waals surface area contributed by atoms with Crippen molar-refractivity contribution < 1.29 is 19.4 Å². The van der Waals surface area contributed by atoms with Gasteiger partial charge < -0.3 is 15.2 Å². The number of rotatable bonds is 6. The quantitative estimate of drug-likeness (QED) is 0.801. The van der Waals surface area contributed by atoms with E-state index in [1.54, 1.807) is 24.3 Å². The topological polar surface area (TPSA) is 75.6 Å². The van der Waals surface area contributed by atoms with Crippen LogP contribution < -0.4 is 10.1 Å². The number of nitrogens with one attached hydrogen (secondary N) is 1. The minimum absolute atomic E-state index is 0.00111. The number of ether oxygens (including phenoxy) is 1. The van der Waals surface area contributed by atoms with Gasteiger partial charge in [0, 0.05) is 12.5 Å². The second-order valence-electron chi connectivity index (χ2n) is 4.20. The normalized spacial score (nSPS) is 10.2. The lowest BCUT2D eigenvalue weighted by Gasteiger charge is -2.08. The molecule has 98 valence electrons. The first-order chi connectivity index (χ1) is 8.49. The number of hydrogen-bond acceptors (Lipinski definition) is 3. The fourth-order valence-electron chi connectivity index (χ4n) is 1.24. The molecule has 0 aromatic heterocycles. The lowest BCUT2D eigenvalue weighted by molar-refractivity contribution is -0.139. The van der Waals surface area contributed by atoms with Crippen LogP contribution in [0.5, 0.6) is 5.75 Å². The molecular weight excluding hydrogens is 234 g/mol. The molecule has 0 heterocycles. The first-order valence-electron chi connectivity index (χ1n) is 5.70. The summed E-state index contributed by atoms with van der Waals surface area (Å²) in [7, 11) is 0. The van der Waals surface area contributed by atoms with Gasteiger partial charge >= 0.3 is 5.97 Å².